The first-order valence-electron chi connectivity index (χ1n) is 9.00. The Labute approximate surface area is 193 Å². The molecular formula is C23H14Cl4N2O. The van der Waals surface area contributed by atoms with E-state index in [-0.39, 0.29) is 5.91 Å². The van der Waals surface area contributed by atoms with Crippen LogP contribution in [0.1, 0.15) is 15.9 Å². The van der Waals surface area contributed by atoms with Gasteiger partial charge in [0.1, 0.15) is 0 Å². The van der Waals surface area contributed by atoms with E-state index in [2.05, 4.69) is 10.3 Å². The number of hydrogen-bond donors (Lipinski definition) is 1. The molecule has 3 aromatic carbocycles. The van der Waals surface area contributed by atoms with Gasteiger partial charge in [-0.15, -0.1) is 0 Å². The lowest BCUT2D eigenvalue weighted by atomic mass is 10.0. The maximum atomic E-state index is 13.0. The van der Waals surface area contributed by atoms with Crippen LogP contribution in [0, 0.1) is 0 Å². The van der Waals surface area contributed by atoms with Gasteiger partial charge in [0.15, 0.2) is 0 Å². The number of fused-ring (bicyclic) bond motifs is 1. The summed E-state index contributed by atoms with van der Waals surface area (Å²) in [5.74, 6) is -0.221. The van der Waals surface area contributed by atoms with Crippen LogP contribution in [0.2, 0.25) is 20.1 Å². The second-order valence-electron chi connectivity index (χ2n) is 6.63. The molecule has 150 valence electrons. The lowest BCUT2D eigenvalue weighted by molar-refractivity contribution is 0.0952. The molecule has 30 heavy (non-hydrogen) atoms. The van der Waals surface area contributed by atoms with E-state index in [4.69, 9.17) is 46.4 Å². The number of aromatic nitrogens is 1. The van der Waals surface area contributed by atoms with Crippen molar-refractivity contribution < 1.29 is 4.79 Å². The Morgan fingerprint density at radius 2 is 1.50 bits per heavy atom. The zero-order chi connectivity index (χ0) is 21.3. The van der Waals surface area contributed by atoms with Gasteiger partial charge < -0.3 is 5.32 Å². The summed E-state index contributed by atoms with van der Waals surface area (Å²) in [5, 5.41) is 5.49. The first-order valence-corrected chi connectivity index (χ1v) is 10.5. The topological polar surface area (TPSA) is 42.0 Å². The minimum atomic E-state index is -0.221. The van der Waals surface area contributed by atoms with Gasteiger partial charge in [-0.25, -0.2) is 4.98 Å². The second-order valence-corrected chi connectivity index (χ2v) is 8.26. The average Bonchev–Trinajstić information content (AvgIpc) is 2.75. The molecule has 0 bridgehead atoms. The van der Waals surface area contributed by atoms with Crippen molar-refractivity contribution in [2.24, 2.45) is 0 Å². The predicted octanol–water partition coefficient (Wildman–Crippen LogP) is 7.45. The third-order valence-corrected chi connectivity index (χ3v) is 6.09. The summed E-state index contributed by atoms with van der Waals surface area (Å²) in [6.07, 6.45) is 0. The molecule has 0 aliphatic carbocycles. The van der Waals surface area contributed by atoms with Gasteiger partial charge in [0.25, 0.3) is 5.91 Å². The standard InChI is InChI=1S/C23H14Cl4N2O/c24-17-7-5-13(9-19(17)26)12-28-23(30)16-11-22(14-6-8-18(25)20(27)10-14)29-21-4-2-1-3-15(16)21/h1-11H,12H2,(H,28,30). The third kappa shape index (κ3) is 4.40. The van der Waals surface area contributed by atoms with Gasteiger partial charge in [0, 0.05) is 17.5 Å². The number of carbonyl (C=O) groups excluding carboxylic acids is 1. The minimum Gasteiger partial charge on any atom is -0.348 e. The highest BCUT2D eigenvalue weighted by atomic mass is 35.5. The van der Waals surface area contributed by atoms with Crippen LogP contribution in [-0.4, -0.2) is 10.9 Å². The van der Waals surface area contributed by atoms with Crippen LogP contribution in [-0.2, 0) is 6.54 Å². The smallest absolute Gasteiger partial charge is 0.252 e. The summed E-state index contributed by atoms with van der Waals surface area (Å²) < 4.78 is 0. The van der Waals surface area contributed by atoms with Crippen molar-refractivity contribution in [2.45, 2.75) is 6.54 Å². The maximum Gasteiger partial charge on any atom is 0.252 e. The molecule has 1 N–H and O–H groups in total. The van der Waals surface area contributed by atoms with Gasteiger partial charge >= 0.3 is 0 Å². The van der Waals surface area contributed by atoms with Crippen molar-refractivity contribution in [3.63, 3.8) is 0 Å². The average molecular weight is 476 g/mol. The number of amides is 1. The molecule has 0 radical (unpaired) electrons. The molecule has 4 rings (SSSR count). The number of para-hydroxylation sites is 1. The van der Waals surface area contributed by atoms with E-state index in [1.54, 1.807) is 30.3 Å². The van der Waals surface area contributed by atoms with Crippen molar-refractivity contribution in [3.8, 4) is 11.3 Å². The van der Waals surface area contributed by atoms with Gasteiger partial charge in [0.2, 0.25) is 0 Å². The predicted molar refractivity (Wildman–Crippen MR) is 125 cm³/mol. The Bertz CT molecular complexity index is 1270. The van der Waals surface area contributed by atoms with Crippen LogP contribution in [0.5, 0.6) is 0 Å². The Morgan fingerprint density at radius 3 is 2.23 bits per heavy atom. The fourth-order valence-corrected chi connectivity index (χ4v) is 3.71. The third-order valence-electron chi connectivity index (χ3n) is 4.61. The molecule has 0 saturated carbocycles. The summed E-state index contributed by atoms with van der Waals surface area (Å²) >= 11 is 24.2. The number of rotatable bonds is 4. The van der Waals surface area contributed by atoms with Crippen LogP contribution in [0.4, 0.5) is 0 Å². The Morgan fingerprint density at radius 1 is 0.800 bits per heavy atom. The fraction of sp³-hybridized carbons (Fsp3) is 0.0435. The number of nitrogens with zero attached hydrogens (tertiary/aromatic N) is 1. The number of halogens is 4. The van der Waals surface area contributed by atoms with Crippen molar-refractivity contribution in [2.75, 3.05) is 0 Å². The summed E-state index contributed by atoms with van der Waals surface area (Å²) in [5.41, 5.74) is 3.48. The van der Waals surface area contributed by atoms with Crippen LogP contribution in [0.3, 0.4) is 0 Å². The van der Waals surface area contributed by atoms with Crippen molar-refractivity contribution >= 4 is 63.2 Å². The van der Waals surface area contributed by atoms with Gasteiger partial charge in [-0.05, 0) is 42.0 Å². The molecular weight excluding hydrogens is 462 g/mol. The molecule has 0 aliphatic rings. The first kappa shape index (κ1) is 21.0. The number of carbonyl (C=O) groups is 1. The quantitative estimate of drug-likeness (QED) is 0.333. The highest BCUT2D eigenvalue weighted by Crippen LogP contribution is 2.30. The summed E-state index contributed by atoms with van der Waals surface area (Å²) in [4.78, 5) is 17.7. The molecule has 0 spiro atoms. The van der Waals surface area contributed by atoms with E-state index in [0.717, 1.165) is 16.5 Å². The molecule has 4 aromatic rings. The Hall–Kier alpha value is -2.30. The Kier molecular flexibility index (Phi) is 6.16. The van der Waals surface area contributed by atoms with Crippen molar-refractivity contribution in [1.82, 2.24) is 10.3 Å². The molecule has 3 nitrogen and oxygen atoms in total. The van der Waals surface area contributed by atoms with Crippen LogP contribution >= 0.6 is 46.4 Å². The van der Waals surface area contributed by atoms with Gasteiger partial charge in [0.05, 0.1) is 36.9 Å². The molecule has 1 amide bonds. The molecule has 0 atom stereocenters. The van der Waals surface area contributed by atoms with E-state index < -0.39 is 0 Å². The molecule has 7 heteroatoms. The molecule has 0 saturated heterocycles. The van der Waals surface area contributed by atoms with Crippen LogP contribution < -0.4 is 5.32 Å². The SMILES string of the molecule is O=C(NCc1ccc(Cl)c(Cl)c1)c1cc(-c2ccc(Cl)c(Cl)c2)nc2ccccc12. The van der Waals surface area contributed by atoms with Crippen LogP contribution in [0.15, 0.2) is 66.7 Å². The summed E-state index contributed by atoms with van der Waals surface area (Å²) in [7, 11) is 0. The maximum absolute atomic E-state index is 13.0. The van der Waals surface area contributed by atoms with Gasteiger partial charge in [-0.1, -0.05) is 76.7 Å². The van der Waals surface area contributed by atoms with E-state index >= 15 is 0 Å². The number of nitrogens with one attached hydrogen (secondary N) is 1. The van der Waals surface area contributed by atoms with Gasteiger partial charge in [-0.2, -0.15) is 0 Å². The minimum absolute atomic E-state index is 0.221. The normalized spacial score (nSPS) is 10.9. The molecule has 1 heterocycles. The molecule has 0 unspecified atom stereocenters. The first-order chi connectivity index (χ1) is 14.4. The Balaban J connectivity index is 1.70. The van der Waals surface area contributed by atoms with Gasteiger partial charge in [-0.3, -0.25) is 4.79 Å². The summed E-state index contributed by atoms with van der Waals surface area (Å²) in [6.45, 7) is 0.314. The molecule has 1 aromatic heterocycles. The second kappa shape index (κ2) is 8.83. The highest BCUT2D eigenvalue weighted by molar-refractivity contribution is 6.42. The van der Waals surface area contributed by atoms with Crippen molar-refractivity contribution in [3.05, 3.63) is 97.9 Å². The number of pyridine rings is 1. The van der Waals surface area contributed by atoms with Crippen LogP contribution in [0.25, 0.3) is 22.2 Å². The van der Waals surface area contributed by atoms with Crippen molar-refractivity contribution in [1.29, 1.82) is 0 Å². The zero-order valence-electron chi connectivity index (χ0n) is 15.4. The summed E-state index contributed by atoms with van der Waals surface area (Å²) in [6, 6.07) is 19.8. The zero-order valence-corrected chi connectivity index (χ0v) is 18.4. The monoisotopic (exact) mass is 474 g/mol. The largest absolute Gasteiger partial charge is 0.348 e. The lowest BCUT2D eigenvalue weighted by Gasteiger charge is -2.11. The molecule has 0 aliphatic heterocycles. The lowest BCUT2D eigenvalue weighted by Crippen LogP contribution is -2.23. The van der Waals surface area contributed by atoms with E-state index in [1.807, 2.05) is 36.4 Å². The van der Waals surface area contributed by atoms with E-state index in [0.29, 0.717) is 43.4 Å². The number of benzene rings is 3. The van der Waals surface area contributed by atoms with E-state index in [1.165, 1.54) is 0 Å². The van der Waals surface area contributed by atoms with E-state index in [9.17, 15) is 4.79 Å². The number of hydrogen-bond acceptors (Lipinski definition) is 2. The fourth-order valence-electron chi connectivity index (χ4n) is 3.09. The highest BCUT2D eigenvalue weighted by Gasteiger charge is 2.14. The molecule has 0 fully saturated rings.